The molecule has 42 heavy (non-hydrogen) atoms. The molecule has 1 aliphatic rings. The molecule has 11 nitrogen and oxygen atoms in total. The van der Waals surface area contributed by atoms with Crippen LogP contribution in [0, 0.1) is 11.8 Å². The number of allylic oxidation sites excluding steroid dienone is 2. The van der Waals surface area contributed by atoms with Crippen LogP contribution in [0.5, 0.6) is 0 Å². The van der Waals surface area contributed by atoms with Crippen molar-refractivity contribution >= 4 is 24.1 Å². The van der Waals surface area contributed by atoms with Crippen molar-refractivity contribution in [2.75, 3.05) is 34.4 Å². The van der Waals surface area contributed by atoms with Gasteiger partial charge in [0.25, 0.3) is 0 Å². The molecule has 11 heteroatoms. The van der Waals surface area contributed by atoms with Crippen LogP contribution in [0.1, 0.15) is 53.4 Å². The first-order valence-corrected chi connectivity index (χ1v) is 14.6. The Balaban J connectivity index is 3.08. The zero-order valence-electron chi connectivity index (χ0n) is 26.4. The van der Waals surface area contributed by atoms with Crippen LogP contribution in [0.3, 0.4) is 0 Å². The number of nitrogens with one attached hydrogen (secondary N) is 2. The number of nitrogens with zero attached hydrogens (tertiary/aromatic N) is 2. The number of aliphatic hydroxyl groups excluding tert-OH is 1. The minimum atomic E-state index is -0.967. The maximum atomic E-state index is 13.7. The van der Waals surface area contributed by atoms with E-state index >= 15 is 0 Å². The normalized spacial score (nSPS) is 20.3. The summed E-state index contributed by atoms with van der Waals surface area (Å²) in [4.78, 5) is 53.7. The van der Waals surface area contributed by atoms with Gasteiger partial charge >= 0.3 is 0 Å². The van der Waals surface area contributed by atoms with Crippen molar-refractivity contribution in [3.05, 3.63) is 37.0 Å². The van der Waals surface area contributed by atoms with Crippen molar-refractivity contribution in [1.29, 1.82) is 0 Å². The molecule has 0 aromatic carbocycles. The number of hydrogen-bond donors (Lipinski definition) is 3. The summed E-state index contributed by atoms with van der Waals surface area (Å²) >= 11 is 0. The minimum absolute atomic E-state index is 0.0259. The van der Waals surface area contributed by atoms with Gasteiger partial charge in [-0.2, -0.15) is 0 Å². The first-order valence-electron chi connectivity index (χ1n) is 14.6. The van der Waals surface area contributed by atoms with Gasteiger partial charge in [0, 0.05) is 27.8 Å². The lowest BCUT2D eigenvalue weighted by Gasteiger charge is -2.39. The molecule has 1 fully saturated rings. The Kier molecular flexibility index (Phi) is 16.3. The van der Waals surface area contributed by atoms with Gasteiger partial charge in [-0.3, -0.25) is 19.2 Å². The van der Waals surface area contributed by atoms with Gasteiger partial charge in [-0.15, -0.1) is 0 Å². The predicted molar refractivity (Wildman–Crippen MR) is 162 cm³/mol. The van der Waals surface area contributed by atoms with Gasteiger partial charge in [-0.1, -0.05) is 58.6 Å². The number of carbonyl (C=O) groups excluding carboxylic acids is 4. The Morgan fingerprint density at radius 3 is 2.36 bits per heavy atom. The third kappa shape index (κ3) is 9.78. The average molecular weight is 593 g/mol. The molecule has 1 rings (SSSR count). The molecular formula is C31H52N4O7. The smallest absolute Gasteiger partial charge is 0.242 e. The van der Waals surface area contributed by atoms with Crippen molar-refractivity contribution in [1.82, 2.24) is 20.4 Å². The summed E-state index contributed by atoms with van der Waals surface area (Å²) in [7, 11) is 4.71. The summed E-state index contributed by atoms with van der Waals surface area (Å²) in [6.45, 7) is 15.2. The number of aliphatic hydroxyl groups is 1. The third-order valence-electron chi connectivity index (χ3n) is 8.37. The van der Waals surface area contributed by atoms with Gasteiger partial charge in [0.05, 0.1) is 55.3 Å². The average Bonchev–Trinajstić information content (AvgIpc) is 3.47. The van der Waals surface area contributed by atoms with E-state index in [1.807, 2.05) is 13.8 Å². The highest BCUT2D eigenvalue weighted by Crippen LogP contribution is 2.29. The highest BCUT2D eigenvalue weighted by atomic mass is 16.5. The predicted octanol–water partition coefficient (Wildman–Crippen LogP) is 1.82. The number of methoxy groups -OCH3 is 2. The monoisotopic (exact) mass is 592 g/mol. The second-order valence-corrected chi connectivity index (χ2v) is 11.0. The molecule has 0 saturated carbocycles. The van der Waals surface area contributed by atoms with E-state index in [0.29, 0.717) is 24.9 Å². The molecule has 3 N–H and O–H groups in total. The van der Waals surface area contributed by atoms with Crippen LogP contribution in [-0.2, 0) is 28.7 Å². The molecule has 0 aliphatic carbocycles. The topological polar surface area (TPSA) is 138 Å². The molecule has 8 unspecified atom stereocenters. The number of ether oxygens (including phenoxy) is 2. The lowest BCUT2D eigenvalue weighted by Crippen LogP contribution is -2.54. The van der Waals surface area contributed by atoms with E-state index in [0.717, 1.165) is 12.8 Å². The van der Waals surface area contributed by atoms with Crippen LogP contribution in [-0.4, -0.2) is 110 Å². The minimum Gasteiger partial charge on any atom is -0.386 e. The summed E-state index contributed by atoms with van der Waals surface area (Å²) in [5.74, 6) is -1.31. The number of hydrogen-bond acceptors (Lipinski definition) is 7. The zero-order chi connectivity index (χ0) is 32.0. The standard InChI is InChI=1S/C31H52N4O7/c1-10-14-23(12-3)29(39)22(6)33-31(40)21(5)30(42-9)24-15-13-16-35(24)26(37)17-25(41-8)28(20(4)11-2)34(7)27(38)18-32-19-36/h10,12,14,19-22,24-25,28-30,39H,1,3,11,13,15-18H2,2,4-9H3,(H,32,36)(H,33,40)/b23-14+. The molecule has 1 saturated heterocycles. The quantitative estimate of drug-likeness (QED) is 0.154. The summed E-state index contributed by atoms with van der Waals surface area (Å²) in [6.07, 6.45) is 5.29. The van der Waals surface area contributed by atoms with Crippen molar-refractivity contribution < 1.29 is 33.8 Å². The van der Waals surface area contributed by atoms with E-state index < -0.39 is 36.3 Å². The lowest BCUT2D eigenvalue weighted by molar-refractivity contribution is -0.145. The fraction of sp³-hybridized carbons (Fsp3) is 0.677. The lowest BCUT2D eigenvalue weighted by atomic mass is 9.90. The molecule has 0 bridgehead atoms. The fourth-order valence-corrected chi connectivity index (χ4v) is 5.73. The second kappa shape index (κ2) is 18.5. The number of amides is 4. The first kappa shape index (κ1) is 37.0. The van der Waals surface area contributed by atoms with Crippen molar-refractivity contribution in [2.24, 2.45) is 11.8 Å². The van der Waals surface area contributed by atoms with E-state index in [2.05, 4.69) is 23.8 Å². The van der Waals surface area contributed by atoms with E-state index in [9.17, 15) is 24.3 Å². The Morgan fingerprint density at radius 1 is 1.17 bits per heavy atom. The molecule has 8 atom stereocenters. The van der Waals surface area contributed by atoms with Crippen molar-refractivity contribution in [3.63, 3.8) is 0 Å². The Morgan fingerprint density at radius 2 is 1.83 bits per heavy atom. The van der Waals surface area contributed by atoms with Crippen molar-refractivity contribution in [3.8, 4) is 0 Å². The van der Waals surface area contributed by atoms with E-state index in [-0.39, 0.29) is 42.6 Å². The summed E-state index contributed by atoms with van der Waals surface area (Å²) < 4.78 is 11.6. The Labute approximate surface area is 251 Å². The van der Waals surface area contributed by atoms with Crippen LogP contribution in [0.25, 0.3) is 0 Å². The Hall–Kier alpha value is -3.02. The molecule has 4 amide bonds. The van der Waals surface area contributed by atoms with Crippen LogP contribution in [0.2, 0.25) is 0 Å². The van der Waals surface area contributed by atoms with Crippen LogP contribution >= 0.6 is 0 Å². The van der Waals surface area contributed by atoms with Crippen LogP contribution in [0.15, 0.2) is 37.0 Å². The zero-order valence-corrected chi connectivity index (χ0v) is 26.4. The Bertz CT molecular complexity index is 956. The van der Waals surface area contributed by atoms with Crippen LogP contribution < -0.4 is 10.6 Å². The highest BCUT2D eigenvalue weighted by molar-refractivity contribution is 5.81. The van der Waals surface area contributed by atoms with Gasteiger partial charge in [-0.25, -0.2) is 0 Å². The van der Waals surface area contributed by atoms with Gasteiger partial charge in [0.1, 0.15) is 0 Å². The number of likely N-dealkylation sites (N-methyl/N-ethyl adjacent to an activating group) is 1. The maximum absolute atomic E-state index is 13.7. The van der Waals surface area contributed by atoms with Gasteiger partial charge in [0.2, 0.25) is 24.1 Å². The summed E-state index contributed by atoms with van der Waals surface area (Å²) in [5, 5.41) is 15.9. The second-order valence-electron chi connectivity index (χ2n) is 11.0. The molecular weight excluding hydrogens is 540 g/mol. The fourth-order valence-electron chi connectivity index (χ4n) is 5.73. The molecule has 0 aromatic rings. The molecule has 1 heterocycles. The maximum Gasteiger partial charge on any atom is 0.242 e. The van der Waals surface area contributed by atoms with E-state index in [4.69, 9.17) is 9.47 Å². The summed E-state index contributed by atoms with van der Waals surface area (Å²) in [6, 6.07) is -1.31. The van der Waals surface area contributed by atoms with Crippen LogP contribution in [0.4, 0.5) is 0 Å². The van der Waals surface area contributed by atoms with Gasteiger partial charge in [0.15, 0.2) is 0 Å². The first-order chi connectivity index (χ1) is 19.9. The molecule has 0 aromatic heterocycles. The SMILES string of the molecule is C=C/C=C(\C=C)C(O)C(C)NC(=O)C(C)C(OC)C1CCCN1C(=O)CC(OC)C(C(C)CC)N(C)C(=O)CNC=O. The third-order valence-corrected chi connectivity index (χ3v) is 8.37. The molecule has 0 radical (unpaired) electrons. The van der Waals surface area contributed by atoms with Gasteiger partial charge < -0.3 is 35.0 Å². The summed E-state index contributed by atoms with van der Waals surface area (Å²) in [5.41, 5.74) is 0.539. The largest absolute Gasteiger partial charge is 0.386 e. The molecule has 238 valence electrons. The van der Waals surface area contributed by atoms with E-state index in [1.165, 1.54) is 20.3 Å². The van der Waals surface area contributed by atoms with Crippen molar-refractivity contribution in [2.45, 2.75) is 89.8 Å². The number of rotatable bonds is 19. The van der Waals surface area contributed by atoms with Gasteiger partial charge in [-0.05, 0) is 31.3 Å². The molecule has 0 spiro atoms. The number of carbonyl (C=O) groups is 4. The molecule has 1 aliphatic heterocycles. The number of likely N-dealkylation sites (tertiary alicyclic amines) is 1. The van der Waals surface area contributed by atoms with E-state index in [1.54, 1.807) is 42.8 Å². The highest BCUT2D eigenvalue weighted by Gasteiger charge is 2.42.